The Morgan fingerprint density at radius 1 is 1.26 bits per heavy atom. The minimum Gasteiger partial charge on any atom is -0.439 e. The van der Waals surface area contributed by atoms with Gasteiger partial charge in [-0.1, -0.05) is 11.6 Å². The zero-order valence-corrected chi connectivity index (χ0v) is 12.0. The highest BCUT2D eigenvalue weighted by molar-refractivity contribution is 6.31. The predicted molar refractivity (Wildman–Crippen MR) is 78.0 cm³/mol. The van der Waals surface area contributed by atoms with Crippen LogP contribution in [-0.4, -0.2) is 12.0 Å². The van der Waals surface area contributed by atoms with Crippen LogP contribution >= 0.6 is 11.6 Å². The van der Waals surface area contributed by atoms with Gasteiger partial charge in [-0.25, -0.2) is 4.98 Å². The molecule has 3 nitrogen and oxygen atoms in total. The molecule has 0 aliphatic rings. The van der Waals surface area contributed by atoms with Crippen LogP contribution in [0.15, 0.2) is 36.5 Å². The molecule has 1 aromatic carbocycles. The lowest BCUT2D eigenvalue weighted by atomic mass is 10.1. The molecule has 1 N–H and O–H groups in total. The van der Waals surface area contributed by atoms with Crippen LogP contribution in [0.25, 0.3) is 0 Å². The Kier molecular flexibility index (Phi) is 4.40. The van der Waals surface area contributed by atoms with E-state index in [2.05, 4.69) is 17.2 Å². The number of pyridine rings is 1. The first-order valence-corrected chi connectivity index (χ1v) is 6.55. The summed E-state index contributed by atoms with van der Waals surface area (Å²) < 4.78 is 5.75. The summed E-state index contributed by atoms with van der Waals surface area (Å²) in [6.07, 6.45) is 1.75. The summed E-state index contributed by atoms with van der Waals surface area (Å²) in [5.41, 5.74) is 2.12. The van der Waals surface area contributed by atoms with Crippen molar-refractivity contribution in [3.8, 4) is 11.6 Å². The normalized spacial score (nSPS) is 12.2. The van der Waals surface area contributed by atoms with E-state index in [0.717, 1.165) is 21.9 Å². The van der Waals surface area contributed by atoms with Gasteiger partial charge in [0.15, 0.2) is 0 Å². The summed E-state index contributed by atoms with van der Waals surface area (Å²) >= 11 is 5.99. The molecule has 1 aromatic heterocycles. The molecular weight excluding hydrogens is 260 g/mol. The molecule has 1 heterocycles. The lowest BCUT2D eigenvalue weighted by Gasteiger charge is -2.12. The monoisotopic (exact) mass is 276 g/mol. The van der Waals surface area contributed by atoms with Crippen LogP contribution in [0, 0.1) is 6.92 Å². The summed E-state index contributed by atoms with van der Waals surface area (Å²) in [7, 11) is 1.92. The number of hydrogen-bond donors (Lipinski definition) is 1. The number of nitrogens with one attached hydrogen (secondary N) is 1. The highest BCUT2D eigenvalue weighted by Gasteiger charge is 2.06. The Labute approximate surface area is 118 Å². The molecule has 0 radical (unpaired) electrons. The van der Waals surface area contributed by atoms with Crippen molar-refractivity contribution in [2.45, 2.75) is 19.9 Å². The average Bonchev–Trinajstić information content (AvgIpc) is 2.42. The highest BCUT2D eigenvalue weighted by Crippen LogP contribution is 2.26. The Bertz CT molecular complexity index is 572. The van der Waals surface area contributed by atoms with Crippen LogP contribution in [-0.2, 0) is 0 Å². The van der Waals surface area contributed by atoms with Crippen LogP contribution in [0.2, 0.25) is 5.02 Å². The summed E-state index contributed by atoms with van der Waals surface area (Å²) in [5.74, 6) is 1.32. The maximum atomic E-state index is 5.99. The zero-order chi connectivity index (χ0) is 13.8. The molecule has 2 rings (SSSR count). The van der Waals surface area contributed by atoms with Crippen LogP contribution in [0.5, 0.6) is 11.6 Å². The van der Waals surface area contributed by atoms with Crippen LogP contribution in [0.3, 0.4) is 0 Å². The van der Waals surface area contributed by atoms with Gasteiger partial charge in [-0.05, 0) is 56.3 Å². The van der Waals surface area contributed by atoms with Crippen LogP contribution < -0.4 is 10.1 Å². The number of aryl methyl sites for hydroxylation is 1. The van der Waals surface area contributed by atoms with Gasteiger partial charge in [0.05, 0.1) is 0 Å². The summed E-state index contributed by atoms with van der Waals surface area (Å²) in [6.45, 7) is 4.04. The Morgan fingerprint density at radius 3 is 2.74 bits per heavy atom. The van der Waals surface area contributed by atoms with Crippen molar-refractivity contribution < 1.29 is 4.74 Å². The number of hydrogen-bond acceptors (Lipinski definition) is 3. The maximum absolute atomic E-state index is 5.99. The van der Waals surface area contributed by atoms with E-state index in [0.29, 0.717) is 5.88 Å². The van der Waals surface area contributed by atoms with E-state index in [9.17, 15) is 0 Å². The predicted octanol–water partition coefficient (Wildman–Crippen LogP) is 4.12. The van der Waals surface area contributed by atoms with Crippen molar-refractivity contribution in [1.82, 2.24) is 10.3 Å². The second-order valence-electron chi connectivity index (χ2n) is 4.45. The van der Waals surface area contributed by atoms with Crippen molar-refractivity contribution in [1.29, 1.82) is 0 Å². The number of halogens is 1. The fraction of sp³-hybridized carbons (Fsp3) is 0.267. The van der Waals surface area contributed by atoms with Gasteiger partial charge in [-0.2, -0.15) is 0 Å². The average molecular weight is 277 g/mol. The molecule has 1 unspecified atom stereocenters. The van der Waals surface area contributed by atoms with E-state index < -0.39 is 0 Å². The van der Waals surface area contributed by atoms with Gasteiger partial charge in [0, 0.05) is 23.3 Å². The molecule has 2 aromatic rings. The zero-order valence-electron chi connectivity index (χ0n) is 11.3. The first kappa shape index (κ1) is 13.8. The molecule has 0 saturated heterocycles. The van der Waals surface area contributed by atoms with E-state index in [1.54, 1.807) is 6.20 Å². The van der Waals surface area contributed by atoms with E-state index in [1.165, 1.54) is 0 Å². The molecule has 0 fully saturated rings. The third kappa shape index (κ3) is 3.46. The van der Waals surface area contributed by atoms with Gasteiger partial charge in [0.1, 0.15) is 5.75 Å². The number of rotatable bonds is 4. The SMILES string of the molecule is CNC(C)c1ccnc(Oc2ccc(Cl)c(C)c2)c1. The van der Waals surface area contributed by atoms with E-state index in [4.69, 9.17) is 16.3 Å². The third-order valence-electron chi connectivity index (χ3n) is 3.04. The molecule has 0 bridgehead atoms. The first-order chi connectivity index (χ1) is 9.10. The fourth-order valence-corrected chi connectivity index (χ4v) is 1.84. The number of ether oxygens (including phenoxy) is 1. The van der Waals surface area contributed by atoms with Crippen molar-refractivity contribution >= 4 is 11.6 Å². The molecule has 0 aliphatic heterocycles. The van der Waals surface area contributed by atoms with Crippen molar-refractivity contribution in [2.24, 2.45) is 0 Å². The van der Waals surface area contributed by atoms with Gasteiger partial charge in [-0.3, -0.25) is 0 Å². The Morgan fingerprint density at radius 2 is 2.05 bits per heavy atom. The summed E-state index contributed by atoms with van der Waals surface area (Å²) in [6, 6.07) is 9.74. The van der Waals surface area contributed by atoms with Gasteiger partial charge in [0.25, 0.3) is 0 Å². The topological polar surface area (TPSA) is 34.2 Å². The molecular formula is C15H17ClN2O. The maximum Gasteiger partial charge on any atom is 0.219 e. The molecule has 0 amide bonds. The number of nitrogens with zero attached hydrogens (tertiary/aromatic N) is 1. The second kappa shape index (κ2) is 6.04. The Balaban J connectivity index is 2.20. The van der Waals surface area contributed by atoms with Crippen LogP contribution in [0.4, 0.5) is 0 Å². The molecule has 0 saturated carbocycles. The van der Waals surface area contributed by atoms with Gasteiger partial charge < -0.3 is 10.1 Å². The molecule has 4 heteroatoms. The second-order valence-corrected chi connectivity index (χ2v) is 4.86. The lowest BCUT2D eigenvalue weighted by Crippen LogP contribution is -2.12. The molecule has 100 valence electrons. The van der Waals surface area contributed by atoms with Gasteiger partial charge in [-0.15, -0.1) is 0 Å². The molecule has 19 heavy (non-hydrogen) atoms. The quantitative estimate of drug-likeness (QED) is 0.912. The third-order valence-corrected chi connectivity index (χ3v) is 3.47. The Hall–Kier alpha value is -1.58. The largest absolute Gasteiger partial charge is 0.439 e. The minimum absolute atomic E-state index is 0.261. The molecule has 0 spiro atoms. The molecule has 1 atom stereocenters. The van der Waals surface area contributed by atoms with Crippen molar-refractivity contribution in [2.75, 3.05) is 7.05 Å². The van der Waals surface area contributed by atoms with Gasteiger partial charge in [0.2, 0.25) is 5.88 Å². The van der Waals surface area contributed by atoms with E-state index >= 15 is 0 Å². The minimum atomic E-state index is 0.261. The lowest BCUT2D eigenvalue weighted by molar-refractivity contribution is 0.460. The van der Waals surface area contributed by atoms with E-state index in [-0.39, 0.29) is 6.04 Å². The molecule has 0 aliphatic carbocycles. The summed E-state index contributed by atoms with van der Waals surface area (Å²) in [4.78, 5) is 4.22. The standard InChI is InChI=1S/C15H17ClN2O/c1-10-8-13(4-5-14(10)16)19-15-9-12(6-7-18-15)11(2)17-3/h4-9,11,17H,1-3H3. The number of aromatic nitrogens is 1. The number of benzene rings is 1. The van der Waals surface area contributed by atoms with Crippen molar-refractivity contribution in [3.05, 3.63) is 52.7 Å². The summed E-state index contributed by atoms with van der Waals surface area (Å²) in [5, 5.41) is 3.92. The van der Waals surface area contributed by atoms with Crippen molar-refractivity contribution in [3.63, 3.8) is 0 Å². The fourth-order valence-electron chi connectivity index (χ4n) is 1.72. The van der Waals surface area contributed by atoms with Gasteiger partial charge >= 0.3 is 0 Å². The van der Waals surface area contributed by atoms with E-state index in [1.807, 2.05) is 44.3 Å². The van der Waals surface area contributed by atoms with Crippen LogP contribution in [0.1, 0.15) is 24.1 Å². The first-order valence-electron chi connectivity index (χ1n) is 6.17. The highest BCUT2D eigenvalue weighted by atomic mass is 35.5. The smallest absolute Gasteiger partial charge is 0.219 e.